The van der Waals surface area contributed by atoms with Crippen LogP contribution in [0, 0.1) is 0 Å². The molecule has 0 amide bonds. The lowest BCUT2D eigenvalue weighted by atomic mass is 10.1. The van der Waals surface area contributed by atoms with E-state index in [0.717, 1.165) is 64.6 Å². The average Bonchev–Trinajstić information content (AvgIpc) is 2.53. The Morgan fingerprint density at radius 3 is 1.39 bits per heavy atom. The van der Waals surface area contributed by atoms with E-state index < -0.39 is 0 Å². The standard InChI is InChI=1S/C20H38O3/c1-7-11-15-21-19(13-9-3)17(5)23-18(6)20(14-10-4)22-16-12-8-2/h19-20H,5-16H2,1-4H3. The van der Waals surface area contributed by atoms with Crippen LogP contribution >= 0.6 is 0 Å². The van der Waals surface area contributed by atoms with E-state index in [1.807, 2.05) is 0 Å². The van der Waals surface area contributed by atoms with Crippen LogP contribution in [-0.2, 0) is 14.2 Å². The Kier molecular flexibility index (Phi) is 14.3. The summed E-state index contributed by atoms with van der Waals surface area (Å²) >= 11 is 0. The Hall–Kier alpha value is -0.800. The van der Waals surface area contributed by atoms with Crippen molar-refractivity contribution in [1.29, 1.82) is 0 Å². The molecule has 0 aliphatic rings. The van der Waals surface area contributed by atoms with Gasteiger partial charge in [0.25, 0.3) is 0 Å². The number of unbranched alkanes of at least 4 members (excludes halogenated alkanes) is 2. The average molecular weight is 327 g/mol. The Morgan fingerprint density at radius 2 is 1.09 bits per heavy atom. The van der Waals surface area contributed by atoms with Gasteiger partial charge in [0.1, 0.15) is 23.7 Å². The Bertz CT molecular complexity index is 282. The minimum absolute atomic E-state index is 0.0544. The fourth-order valence-corrected chi connectivity index (χ4v) is 2.24. The second-order valence-corrected chi connectivity index (χ2v) is 6.04. The molecule has 0 aliphatic carbocycles. The zero-order valence-electron chi connectivity index (χ0n) is 15.9. The van der Waals surface area contributed by atoms with Gasteiger partial charge in [0.2, 0.25) is 0 Å². The molecule has 3 nitrogen and oxygen atoms in total. The number of hydrogen-bond acceptors (Lipinski definition) is 3. The molecule has 0 spiro atoms. The van der Waals surface area contributed by atoms with Gasteiger partial charge < -0.3 is 14.2 Å². The van der Waals surface area contributed by atoms with E-state index in [0.29, 0.717) is 11.5 Å². The van der Waals surface area contributed by atoms with E-state index in [-0.39, 0.29) is 12.2 Å². The van der Waals surface area contributed by atoms with Gasteiger partial charge in [0, 0.05) is 13.2 Å². The fourth-order valence-electron chi connectivity index (χ4n) is 2.24. The fraction of sp³-hybridized carbons (Fsp3) is 0.800. The second kappa shape index (κ2) is 14.8. The van der Waals surface area contributed by atoms with Crippen molar-refractivity contribution in [2.75, 3.05) is 13.2 Å². The van der Waals surface area contributed by atoms with E-state index >= 15 is 0 Å². The summed E-state index contributed by atoms with van der Waals surface area (Å²) in [6.07, 6.45) is 8.19. The molecule has 0 fully saturated rings. The molecule has 0 aliphatic heterocycles. The van der Waals surface area contributed by atoms with E-state index in [9.17, 15) is 0 Å². The molecule has 23 heavy (non-hydrogen) atoms. The van der Waals surface area contributed by atoms with Crippen LogP contribution in [-0.4, -0.2) is 25.4 Å². The van der Waals surface area contributed by atoms with Crippen molar-refractivity contribution in [1.82, 2.24) is 0 Å². The lowest BCUT2D eigenvalue weighted by Gasteiger charge is -2.25. The van der Waals surface area contributed by atoms with Crippen LogP contribution in [0.5, 0.6) is 0 Å². The summed E-state index contributed by atoms with van der Waals surface area (Å²) in [6.45, 7) is 18.3. The smallest absolute Gasteiger partial charge is 0.125 e. The van der Waals surface area contributed by atoms with E-state index in [4.69, 9.17) is 14.2 Å². The van der Waals surface area contributed by atoms with Gasteiger partial charge in [-0.05, 0) is 25.7 Å². The molecule has 0 radical (unpaired) electrons. The van der Waals surface area contributed by atoms with Crippen LogP contribution in [0.1, 0.15) is 79.1 Å². The molecule has 2 unspecified atom stereocenters. The molecule has 2 atom stereocenters. The Labute approximate surface area is 144 Å². The summed E-state index contributed by atoms with van der Waals surface area (Å²) in [4.78, 5) is 0. The Morgan fingerprint density at radius 1 is 0.696 bits per heavy atom. The molecule has 0 bridgehead atoms. The predicted molar refractivity (Wildman–Crippen MR) is 98.5 cm³/mol. The van der Waals surface area contributed by atoms with E-state index in [1.54, 1.807) is 0 Å². The Balaban J connectivity index is 4.48. The highest BCUT2D eigenvalue weighted by Gasteiger charge is 2.19. The normalized spacial score (nSPS) is 13.6. The summed E-state index contributed by atoms with van der Waals surface area (Å²) in [6, 6.07) is 0. The number of ether oxygens (including phenoxy) is 3. The second-order valence-electron chi connectivity index (χ2n) is 6.04. The molecule has 0 aromatic carbocycles. The maximum atomic E-state index is 5.92. The van der Waals surface area contributed by atoms with E-state index in [2.05, 4.69) is 40.9 Å². The quantitative estimate of drug-likeness (QED) is 0.257. The van der Waals surface area contributed by atoms with Crippen LogP contribution in [0.4, 0.5) is 0 Å². The SMILES string of the molecule is C=C(OC(=C)C(CCC)OCCCC)C(CCC)OCCCC. The minimum atomic E-state index is -0.0544. The van der Waals surface area contributed by atoms with Crippen LogP contribution in [0.25, 0.3) is 0 Å². The molecule has 0 saturated carbocycles. The van der Waals surface area contributed by atoms with Crippen LogP contribution in [0.3, 0.4) is 0 Å². The van der Waals surface area contributed by atoms with Crippen molar-refractivity contribution < 1.29 is 14.2 Å². The van der Waals surface area contributed by atoms with Crippen molar-refractivity contribution in [3.63, 3.8) is 0 Å². The topological polar surface area (TPSA) is 27.7 Å². The first-order valence-electron chi connectivity index (χ1n) is 9.39. The molecular formula is C20H38O3. The highest BCUT2D eigenvalue weighted by Crippen LogP contribution is 2.21. The van der Waals surface area contributed by atoms with Gasteiger partial charge in [-0.3, -0.25) is 0 Å². The predicted octanol–water partition coefficient (Wildman–Crippen LogP) is 6.00. The molecule has 3 heteroatoms. The van der Waals surface area contributed by atoms with Gasteiger partial charge in [0.05, 0.1) is 0 Å². The number of hydrogen-bond donors (Lipinski definition) is 0. The highest BCUT2D eigenvalue weighted by molar-refractivity contribution is 5.03. The molecular weight excluding hydrogens is 288 g/mol. The van der Waals surface area contributed by atoms with Crippen LogP contribution in [0.15, 0.2) is 24.7 Å². The molecule has 136 valence electrons. The van der Waals surface area contributed by atoms with Crippen molar-refractivity contribution in [3.05, 3.63) is 24.7 Å². The van der Waals surface area contributed by atoms with E-state index in [1.165, 1.54) is 0 Å². The highest BCUT2D eigenvalue weighted by atomic mass is 16.6. The first-order valence-corrected chi connectivity index (χ1v) is 9.39. The first-order chi connectivity index (χ1) is 11.1. The molecule has 0 N–H and O–H groups in total. The molecule has 0 saturated heterocycles. The molecule has 0 aromatic rings. The van der Waals surface area contributed by atoms with Crippen molar-refractivity contribution >= 4 is 0 Å². The minimum Gasteiger partial charge on any atom is -0.462 e. The van der Waals surface area contributed by atoms with Gasteiger partial charge in [-0.25, -0.2) is 0 Å². The van der Waals surface area contributed by atoms with Crippen LogP contribution < -0.4 is 0 Å². The lowest BCUT2D eigenvalue weighted by Crippen LogP contribution is -2.22. The summed E-state index contributed by atoms with van der Waals surface area (Å²) in [5.41, 5.74) is 0. The van der Waals surface area contributed by atoms with Gasteiger partial charge in [0.15, 0.2) is 0 Å². The van der Waals surface area contributed by atoms with Gasteiger partial charge in [-0.1, -0.05) is 66.5 Å². The maximum absolute atomic E-state index is 5.92. The van der Waals surface area contributed by atoms with Gasteiger partial charge in [-0.15, -0.1) is 0 Å². The summed E-state index contributed by atoms with van der Waals surface area (Å²) in [5.74, 6) is 1.32. The van der Waals surface area contributed by atoms with Crippen molar-refractivity contribution in [2.45, 2.75) is 91.3 Å². The van der Waals surface area contributed by atoms with Gasteiger partial charge in [-0.2, -0.15) is 0 Å². The lowest BCUT2D eigenvalue weighted by molar-refractivity contribution is 0.00567. The molecule has 0 aromatic heterocycles. The summed E-state index contributed by atoms with van der Waals surface area (Å²) in [5, 5.41) is 0. The monoisotopic (exact) mass is 326 g/mol. The largest absolute Gasteiger partial charge is 0.462 e. The number of rotatable bonds is 16. The molecule has 0 rings (SSSR count). The third-order valence-electron chi connectivity index (χ3n) is 3.72. The van der Waals surface area contributed by atoms with Gasteiger partial charge >= 0.3 is 0 Å². The van der Waals surface area contributed by atoms with Crippen molar-refractivity contribution in [3.8, 4) is 0 Å². The summed E-state index contributed by atoms with van der Waals surface area (Å²) in [7, 11) is 0. The third kappa shape index (κ3) is 10.6. The zero-order chi connectivity index (χ0) is 17.5. The van der Waals surface area contributed by atoms with Crippen molar-refractivity contribution in [2.24, 2.45) is 0 Å². The maximum Gasteiger partial charge on any atom is 0.125 e. The first kappa shape index (κ1) is 22.2. The zero-order valence-corrected chi connectivity index (χ0v) is 15.9. The molecule has 0 heterocycles. The van der Waals surface area contributed by atoms with Crippen LogP contribution in [0.2, 0.25) is 0 Å². The third-order valence-corrected chi connectivity index (χ3v) is 3.72. The summed E-state index contributed by atoms with van der Waals surface area (Å²) < 4.78 is 17.7.